The van der Waals surface area contributed by atoms with Gasteiger partial charge in [0.15, 0.2) is 0 Å². The summed E-state index contributed by atoms with van der Waals surface area (Å²) in [7, 11) is -3.62. The van der Waals surface area contributed by atoms with Crippen molar-refractivity contribution in [3.8, 4) is 0 Å². The maximum atomic E-state index is 12.0. The first-order valence-electron chi connectivity index (χ1n) is 5.63. The fraction of sp³-hybridized carbons (Fsp3) is 0.500. The lowest BCUT2D eigenvalue weighted by molar-refractivity contribution is 0.223. The van der Waals surface area contributed by atoms with Gasteiger partial charge in [0, 0.05) is 4.83 Å². The Morgan fingerprint density at radius 3 is 2.41 bits per heavy atom. The van der Waals surface area contributed by atoms with Crippen molar-refractivity contribution < 1.29 is 12.6 Å². The van der Waals surface area contributed by atoms with Crippen molar-refractivity contribution >= 4 is 26.0 Å². The lowest BCUT2D eigenvalue weighted by Gasteiger charge is -2.14. The molecule has 0 saturated heterocycles. The molecule has 17 heavy (non-hydrogen) atoms. The van der Waals surface area contributed by atoms with E-state index in [9.17, 15) is 8.42 Å². The molecule has 1 aliphatic rings. The van der Waals surface area contributed by atoms with Gasteiger partial charge in [0.1, 0.15) is 0 Å². The predicted molar refractivity (Wildman–Crippen MR) is 69.8 cm³/mol. The van der Waals surface area contributed by atoms with E-state index in [1.807, 2.05) is 6.92 Å². The molecule has 0 N–H and O–H groups in total. The molecule has 1 aromatic carbocycles. The summed E-state index contributed by atoms with van der Waals surface area (Å²) in [5, 5.41) is 0. The summed E-state index contributed by atoms with van der Waals surface area (Å²) in [6, 6.07) is 6.72. The van der Waals surface area contributed by atoms with Crippen LogP contribution in [0.1, 0.15) is 24.8 Å². The maximum absolute atomic E-state index is 12.0. The van der Waals surface area contributed by atoms with Gasteiger partial charge < -0.3 is 0 Å². The molecule has 2 unspecified atom stereocenters. The standard InChI is InChI=1S/C12H15BrO3S/c1-9-5-7-10(8-6-9)17(14,15)16-12-4-2-3-11(12)13/h5-8,11-12H,2-4H2,1H3. The highest BCUT2D eigenvalue weighted by Gasteiger charge is 2.31. The van der Waals surface area contributed by atoms with E-state index in [1.54, 1.807) is 24.3 Å². The van der Waals surface area contributed by atoms with Crippen LogP contribution in [0.25, 0.3) is 0 Å². The first kappa shape index (κ1) is 13.1. The molecule has 94 valence electrons. The molecule has 1 fully saturated rings. The van der Waals surface area contributed by atoms with Gasteiger partial charge in [0.05, 0.1) is 11.0 Å². The molecule has 0 bridgehead atoms. The zero-order valence-corrected chi connectivity index (χ0v) is 12.0. The zero-order valence-electron chi connectivity index (χ0n) is 9.60. The molecule has 1 saturated carbocycles. The van der Waals surface area contributed by atoms with Crippen molar-refractivity contribution in [2.24, 2.45) is 0 Å². The molecule has 1 aliphatic carbocycles. The molecule has 0 spiro atoms. The summed E-state index contributed by atoms with van der Waals surface area (Å²) >= 11 is 3.45. The van der Waals surface area contributed by atoms with Crippen LogP contribution in [0.4, 0.5) is 0 Å². The van der Waals surface area contributed by atoms with E-state index in [-0.39, 0.29) is 15.8 Å². The van der Waals surface area contributed by atoms with Crippen LogP contribution in [0.15, 0.2) is 29.2 Å². The Hall–Kier alpha value is -0.390. The van der Waals surface area contributed by atoms with Crippen LogP contribution in [0, 0.1) is 6.92 Å². The Bertz CT molecular complexity index is 481. The van der Waals surface area contributed by atoms with E-state index in [4.69, 9.17) is 4.18 Å². The molecule has 2 rings (SSSR count). The smallest absolute Gasteiger partial charge is 0.262 e. The van der Waals surface area contributed by atoms with Gasteiger partial charge in [-0.25, -0.2) is 0 Å². The molecule has 0 amide bonds. The zero-order chi connectivity index (χ0) is 12.5. The summed E-state index contributed by atoms with van der Waals surface area (Å²) in [5.41, 5.74) is 1.03. The minimum atomic E-state index is -3.62. The van der Waals surface area contributed by atoms with Gasteiger partial charge in [-0.1, -0.05) is 33.6 Å². The second kappa shape index (κ2) is 5.08. The van der Waals surface area contributed by atoms with Crippen molar-refractivity contribution in [3.63, 3.8) is 0 Å². The topological polar surface area (TPSA) is 43.4 Å². The summed E-state index contributed by atoms with van der Waals surface area (Å²) < 4.78 is 29.3. The lowest BCUT2D eigenvalue weighted by Crippen LogP contribution is -2.22. The molecule has 2 atom stereocenters. The fourth-order valence-electron chi connectivity index (χ4n) is 1.91. The average molecular weight is 319 g/mol. The number of alkyl halides is 1. The minimum Gasteiger partial charge on any atom is -0.262 e. The van der Waals surface area contributed by atoms with Crippen molar-refractivity contribution in [2.45, 2.75) is 42.0 Å². The molecule has 0 aliphatic heterocycles. The molecule has 0 heterocycles. The van der Waals surface area contributed by atoms with Crippen molar-refractivity contribution in [2.75, 3.05) is 0 Å². The van der Waals surface area contributed by atoms with E-state index in [1.165, 1.54) is 0 Å². The largest absolute Gasteiger partial charge is 0.297 e. The molecule has 0 radical (unpaired) electrons. The van der Waals surface area contributed by atoms with Gasteiger partial charge in [-0.05, 0) is 38.3 Å². The van der Waals surface area contributed by atoms with Gasteiger partial charge in [0.2, 0.25) is 0 Å². The molecule has 3 nitrogen and oxygen atoms in total. The molecular formula is C12H15BrO3S. The summed E-state index contributed by atoms with van der Waals surface area (Å²) in [4.78, 5) is 0.373. The van der Waals surface area contributed by atoms with Crippen molar-refractivity contribution in [3.05, 3.63) is 29.8 Å². The molecule has 1 aromatic rings. The van der Waals surface area contributed by atoms with Crippen LogP contribution < -0.4 is 0 Å². The van der Waals surface area contributed by atoms with Gasteiger partial charge in [-0.3, -0.25) is 4.18 Å². The van der Waals surface area contributed by atoms with Crippen LogP contribution >= 0.6 is 15.9 Å². The van der Waals surface area contributed by atoms with Crippen LogP contribution in [-0.4, -0.2) is 19.3 Å². The fourth-order valence-corrected chi connectivity index (χ4v) is 3.89. The lowest BCUT2D eigenvalue weighted by atomic mass is 10.2. The summed E-state index contributed by atoms with van der Waals surface area (Å²) in [6.45, 7) is 1.92. The number of aryl methyl sites for hydroxylation is 1. The van der Waals surface area contributed by atoms with Crippen LogP contribution in [0.5, 0.6) is 0 Å². The first-order valence-corrected chi connectivity index (χ1v) is 7.95. The Morgan fingerprint density at radius 1 is 1.24 bits per heavy atom. The highest BCUT2D eigenvalue weighted by atomic mass is 79.9. The third-order valence-electron chi connectivity index (χ3n) is 2.93. The SMILES string of the molecule is Cc1ccc(S(=O)(=O)OC2CCCC2Br)cc1. The first-order chi connectivity index (χ1) is 7.99. The van der Waals surface area contributed by atoms with Gasteiger partial charge in [-0.2, -0.15) is 8.42 Å². The van der Waals surface area contributed by atoms with Gasteiger partial charge >= 0.3 is 0 Å². The third kappa shape index (κ3) is 3.09. The van der Waals surface area contributed by atoms with E-state index >= 15 is 0 Å². The van der Waals surface area contributed by atoms with E-state index in [0.717, 1.165) is 24.8 Å². The Morgan fingerprint density at radius 2 is 1.88 bits per heavy atom. The maximum Gasteiger partial charge on any atom is 0.297 e. The average Bonchev–Trinajstić information content (AvgIpc) is 2.64. The van der Waals surface area contributed by atoms with E-state index in [0.29, 0.717) is 0 Å². The quantitative estimate of drug-likeness (QED) is 0.635. The molecule has 5 heteroatoms. The monoisotopic (exact) mass is 318 g/mol. The second-order valence-electron chi connectivity index (χ2n) is 4.35. The Kier molecular flexibility index (Phi) is 3.90. The van der Waals surface area contributed by atoms with Crippen LogP contribution in [0.2, 0.25) is 0 Å². The normalized spacial score (nSPS) is 25.1. The number of benzene rings is 1. The predicted octanol–water partition coefficient (Wildman–Crippen LogP) is 3.02. The van der Waals surface area contributed by atoms with Crippen LogP contribution in [-0.2, 0) is 14.3 Å². The number of hydrogen-bond donors (Lipinski definition) is 0. The molecular weight excluding hydrogens is 304 g/mol. The van der Waals surface area contributed by atoms with E-state index in [2.05, 4.69) is 15.9 Å². The van der Waals surface area contributed by atoms with Crippen molar-refractivity contribution in [1.29, 1.82) is 0 Å². The highest BCUT2D eigenvalue weighted by molar-refractivity contribution is 9.09. The molecule has 0 aromatic heterocycles. The number of halogens is 1. The van der Waals surface area contributed by atoms with Crippen LogP contribution in [0.3, 0.4) is 0 Å². The Balaban J connectivity index is 2.16. The number of hydrogen-bond acceptors (Lipinski definition) is 3. The second-order valence-corrected chi connectivity index (χ2v) is 7.10. The highest BCUT2D eigenvalue weighted by Crippen LogP contribution is 2.30. The number of rotatable bonds is 3. The minimum absolute atomic E-state index is 0.141. The van der Waals surface area contributed by atoms with Gasteiger partial charge in [-0.15, -0.1) is 0 Å². The Labute approximate surface area is 110 Å². The van der Waals surface area contributed by atoms with Crippen molar-refractivity contribution in [1.82, 2.24) is 0 Å². The summed E-state index contributed by atoms with van der Waals surface area (Å²) in [5.74, 6) is 0. The van der Waals surface area contributed by atoms with E-state index < -0.39 is 10.1 Å². The third-order valence-corrected chi connectivity index (χ3v) is 5.33. The van der Waals surface area contributed by atoms with Gasteiger partial charge in [0.25, 0.3) is 10.1 Å². The summed E-state index contributed by atoms with van der Waals surface area (Å²) in [6.07, 6.45) is 2.53.